The predicted octanol–water partition coefficient (Wildman–Crippen LogP) is 3.17. The molecule has 0 spiro atoms. The molecule has 0 aliphatic carbocycles. The van der Waals surface area contributed by atoms with Gasteiger partial charge in [0.2, 0.25) is 5.82 Å². The van der Waals surface area contributed by atoms with Crippen LogP contribution in [0.25, 0.3) is 22.4 Å². The molecule has 3 aromatic rings. The summed E-state index contributed by atoms with van der Waals surface area (Å²) in [6.45, 7) is 0. The van der Waals surface area contributed by atoms with Crippen molar-refractivity contribution >= 4 is 10.9 Å². The molecule has 0 aliphatic rings. The van der Waals surface area contributed by atoms with Gasteiger partial charge in [-0.3, -0.25) is 0 Å². The van der Waals surface area contributed by atoms with Gasteiger partial charge in [-0.05, 0) is 23.6 Å². The van der Waals surface area contributed by atoms with E-state index in [1.54, 1.807) is 6.07 Å². The number of nitrogens with zero attached hydrogens (tertiary/aromatic N) is 3. The molecule has 0 amide bonds. The Hall–Kier alpha value is -2.24. The normalized spacial score (nSPS) is 11.6. The first kappa shape index (κ1) is 10.9. The zero-order valence-electron chi connectivity index (χ0n) is 9.47. The summed E-state index contributed by atoms with van der Waals surface area (Å²) in [5.74, 6) is -0.481. The summed E-state index contributed by atoms with van der Waals surface area (Å²) in [6, 6.07) is 7.46. The van der Waals surface area contributed by atoms with Gasteiger partial charge in [0.05, 0.1) is 0 Å². The first-order valence-corrected chi connectivity index (χ1v) is 5.32. The molecule has 0 saturated heterocycles. The number of benzene rings is 1. The van der Waals surface area contributed by atoms with E-state index in [4.69, 9.17) is 4.52 Å². The van der Waals surface area contributed by atoms with Crippen LogP contribution >= 0.6 is 0 Å². The molecule has 0 N–H and O–H groups in total. The van der Waals surface area contributed by atoms with Gasteiger partial charge in [0, 0.05) is 24.3 Å². The third kappa shape index (κ3) is 1.66. The van der Waals surface area contributed by atoms with Crippen LogP contribution in [-0.4, -0.2) is 14.7 Å². The lowest BCUT2D eigenvalue weighted by Gasteiger charge is -1.98. The summed E-state index contributed by atoms with van der Waals surface area (Å²) in [4.78, 5) is 3.66. The van der Waals surface area contributed by atoms with Crippen molar-refractivity contribution in [2.24, 2.45) is 7.05 Å². The lowest BCUT2D eigenvalue weighted by Crippen LogP contribution is -1.87. The van der Waals surface area contributed by atoms with Gasteiger partial charge in [0.15, 0.2) is 0 Å². The fraction of sp³-hybridized carbons (Fsp3) is 0.167. The summed E-state index contributed by atoms with van der Waals surface area (Å²) in [5.41, 5.74) is 1.60. The zero-order valence-corrected chi connectivity index (χ0v) is 9.47. The molecule has 4 nitrogen and oxygen atoms in total. The molecule has 0 unspecified atom stereocenters. The number of rotatable bonds is 2. The van der Waals surface area contributed by atoms with E-state index in [1.807, 2.05) is 36.0 Å². The molecule has 0 atom stereocenters. The molecule has 6 heteroatoms. The number of halogens is 2. The van der Waals surface area contributed by atoms with Crippen LogP contribution < -0.4 is 0 Å². The Morgan fingerprint density at radius 2 is 2.11 bits per heavy atom. The molecule has 0 radical (unpaired) electrons. The minimum Gasteiger partial charge on any atom is -0.351 e. The molecule has 0 bridgehead atoms. The number of aryl methyl sites for hydroxylation is 1. The highest BCUT2D eigenvalue weighted by molar-refractivity contribution is 5.84. The van der Waals surface area contributed by atoms with Crippen molar-refractivity contribution < 1.29 is 13.3 Å². The van der Waals surface area contributed by atoms with Gasteiger partial charge in [0.25, 0.3) is 5.89 Å². The van der Waals surface area contributed by atoms with Crippen molar-refractivity contribution in [3.05, 3.63) is 36.3 Å². The van der Waals surface area contributed by atoms with Crippen LogP contribution in [0.4, 0.5) is 8.78 Å². The van der Waals surface area contributed by atoms with E-state index >= 15 is 0 Å². The maximum atomic E-state index is 12.4. The van der Waals surface area contributed by atoms with Crippen LogP contribution in [0.5, 0.6) is 0 Å². The summed E-state index contributed by atoms with van der Waals surface area (Å²) in [6.07, 6.45) is -0.798. The Labute approximate surface area is 101 Å². The Morgan fingerprint density at radius 3 is 2.83 bits per heavy atom. The summed E-state index contributed by atoms with van der Waals surface area (Å²) in [5, 5.41) is 4.30. The Bertz CT molecular complexity index is 702. The molecule has 0 aliphatic heterocycles. The monoisotopic (exact) mass is 249 g/mol. The van der Waals surface area contributed by atoms with E-state index in [0.29, 0.717) is 5.56 Å². The van der Waals surface area contributed by atoms with Gasteiger partial charge in [-0.2, -0.15) is 4.98 Å². The van der Waals surface area contributed by atoms with Crippen LogP contribution in [0.2, 0.25) is 0 Å². The fourth-order valence-electron chi connectivity index (χ4n) is 1.84. The second kappa shape index (κ2) is 3.90. The maximum absolute atomic E-state index is 12.4. The van der Waals surface area contributed by atoms with E-state index < -0.39 is 12.2 Å². The Kier molecular flexibility index (Phi) is 2.36. The Morgan fingerprint density at radius 1 is 1.28 bits per heavy atom. The molecule has 0 fully saturated rings. The minimum absolute atomic E-state index is 0.105. The largest absolute Gasteiger partial charge is 0.351 e. The molecular formula is C12H9F2N3O. The lowest BCUT2D eigenvalue weighted by molar-refractivity contribution is 0.136. The lowest BCUT2D eigenvalue weighted by atomic mass is 10.1. The third-order valence-electron chi connectivity index (χ3n) is 2.77. The van der Waals surface area contributed by atoms with Crippen LogP contribution in [0.3, 0.4) is 0 Å². The van der Waals surface area contributed by atoms with Crippen LogP contribution in [0.15, 0.2) is 35.0 Å². The predicted molar refractivity (Wildman–Crippen MR) is 61.2 cm³/mol. The molecule has 3 rings (SSSR count). The summed E-state index contributed by atoms with van der Waals surface area (Å²) >= 11 is 0. The highest BCUT2D eigenvalue weighted by Gasteiger charge is 2.17. The summed E-state index contributed by atoms with van der Waals surface area (Å²) in [7, 11) is 1.91. The number of aromatic nitrogens is 3. The van der Waals surface area contributed by atoms with Gasteiger partial charge >= 0.3 is 6.43 Å². The van der Waals surface area contributed by atoms with Gasteiger partial charge < -0.3 is 9.09 Å². The van der Waals surface area contributed by atoms with Crippen molar-refractivity contribution in [1.29, 1.82) is 0 Å². The van der Waals surface area contributed by atoms with Crippen LogP contribution in [0.1, 0.15) is 12.2 Å². The fourth-order valence-corrected chi connectivity index (χ4v) is 1.84. The average molecular weight is 249 g/mol. The van der Waals surface area contributed by atoms with Crippen molar-refractivity contribution in [2.75, 3.05) is 0 Å². The van der Waals surface area contributed by atoms with E-state index in [1.165, 1.54) is 0 Å². The number of hydrogen-bond acceptors (Lipinski definition) is 3. The van der Waals surface area contributed by atoms with Crippen LogP contribution in [-0.2, 0) is 7.05 Å². The maximum Gasteiger partial charge on any atom is 0.300 e. The zero-order chi connectivity index (χ0) is 12.7. The number of fused-ring (bicyclic) bond motifs is 1. The van der Waals surface area contributed by atoms with Crippen molar-refractivity contribution in [2.45, 2.75) is 6.43 Å². The van der Waals surface area contributed by atoms with Crippen LogP contribution in [0, 0.1) is 0 Å². The molecule has 2 aromatic heterocycles. The second-order valence-electron chi connectivity index (χ2n) is 3.96. The highest BCUT2D eigenvalue weighted by atomic mass is 19.3. The van der Waals surface area contributed by atoms with Gasteiger partial charge in [0.1, 0.15) is 0 Å². The van der Waals surface area contributed by atoms with E-state index in [2.05, 4.69) is 10.1 Å². The average Bonchev–Trinajstić information content (AvgIpc) is 2.96. The van der Waals surface area contributed by atoms with Crippen molar-refractivity contribution in [1.82, 2.24) is 14.7 Å². The third-order valence-corrected chi connectivity index (χ3v) is 2.77. The molecular weight excluding hydrogens is 240 g/mol. The minimum atomic E-state index is -2.72. The number of alkyl halides is 2. The first-order valence-electron chi connectivity index (χ1n) is 5.32. The van der Waals surface area contributed by atoms with Gasteiger partial charge in [-0.25, -0.2) is 8.78 Å². The highest BCUT2D eigenvalue weighted by Crippen LogP contribution is 2.25. The van der Waals surface area contributed by atoms with Crippen molar-refractivity contribution in [3.8, 4) is 11.5 Å². The first-order chi connectivity index (χ1) is 8.65. The number of hydrogen-bond donors (Lipinski definition) is 0. The van der Waals surface area contributed by atoms with E-state index in [9.17, 15) is 8.78 Å². The molecule has 1 aromatic carbocycles. The van der Waals surface area contributed by atoms with E-state index in [0.717, 1.165) is 10.9 Å². The van der Waals surface area contributed by atoms with Gasteiger partial charge in [-0.1, -0.05) is 11.2 Å². The molecule has 92 valence electrons. The summed E-state index contributed by atoms with van der Waals surface area (Å²) < 4.78 is 31.5. The molecule has 2 heterocycles. The van der Waals surface area contributed by atoms with E-state index in [-0.39, 0.29) is 5.89 Å². The quantitative estimate of drug-likeness (QED) is 0.700. The van der Waals surface area contributed by atoms with Crippen molar-refractivity contribution in [3.63, 3.8) is 0 Å². The second-order valence-corrected chi connectivity index (χ2v) is 3.96. The standard InChI is InChI=1S/C12H9F2N3O/c1-17-5-4-7-2-3-8(6-9(7)17)12-15-11(10(13)14)16-18-12/h2-6,10H,1H3. The molecule has 0 saturated carbocycles. The molecule has 18 heavy (non-hydrogen) atoms. The Balaban J connectivity index is 2.09. The smallest absolute Gasteiger partial charge is 0.300 e. The van der Waals surface area contributed by atoms with Gasteiger partial charge in [-0.15, -0.1) is 0 Å². The topological polar surface area (TPSA) is 43.9 Å². The SMILES string of the molecule is Cn1ccc2ccc(-c3nc(C(F)F)no3)cc21.